The third kappa shape index (κ3) is 2.64. The summed E-state index contributed by atoms with van der Waals surface area (Å²) in [4.78, 5) is 4.36. The van der Waals surface area contributed by atoms with Crippen LogP contribution in [-0.4, -0.2) is 38.3 Å². The highest BCUT2D eigenvalue weighted by molar-refractivity contribution is 7.18. The number of aromatic nitrogens is 5. The molecule has 0 unspecified atom stereocenters. The van der Waals surface area contributed by atoms with Crippen LogP contribution in [0.15, 0.2) is 29.6 Å². The number of alkyl halides is 3. The highest BCUT2D eigenvalue weighted by Crippen LogP contribution is 2.35. The molecule has 4 rings (SSSR count). The molecule has 2 N–H and O–H groups in total. The first kappa shape index (κ1) is 14.8. The monoisotopic (exact) mass is 350 g/mol. The summed E-state index contributed by atoms with van der Waals surface area (Å²) in [6.45, 7) is -1.14. The summed E-state index contributed by atoms with van der Waals surface area (Å²) in [6, 6.07) is 7.19. The Kier molecular flexibility index (Phi) is 3.34. The Balaban J connectivity index is 1.86. The fraction of sp³-hybridized carbons (Fsp3) is 0.143. The topological polar surface area (TPSA) is 79.4 Å². The number of pyridine rings is 1. The van der Waals surface area contributed by atoms with Gasteiger partial charge in [0, 0.05) is 21.0 Å². The van der Waals surface area contributed by atoms with E-state index in [0.29, 0.717) is 22.3 Å². The van der Waals surface area contributed by atoms with Gasteiger partial charge in [0.25, 0.3) is 0 Å². The molecule has 0 saturated heterocycles. The van der Waals surface area contributed by atoms with E-state index < -0.39 is 12.7 Å². The van der Waals surface area contributed by atoms with Crippen LogP contribution in [0.3, 0.4) is 0 Å². The number of aromatic amines is 1. The van der Waals surface area contributed by atoms with Crippen LogP contribution in [0.4, 0.5) is 19.0 Å². The lowest BCUT2D eigenvalue weighted by molar-refractivity contribution is -0.115. The van der Waals surface area contributed by atoms with Crippen molar-refractivity contribution in [1.82, 2.24) is 25.6 Å². The first-order valence-electron chi connectivity index (χ1n) is 6.87. The Morgan fingerprint density at radius 3 is 2.79 bits per heavy atom. The highest BCUT2D eigenvalue weighted by atomic mass is 32.1. The fourth-order valence-electron chi connectivity index (χ4n) is 2.44. The summed E-state index contributed by atoms with van der Waals surface area (Å²) in [5, 5.41) is 19.4. The van der Waals surface area contributed by atoms with Gasteiger partial charge in [-0.25, -0.2) is 4.98 Å². The molecule has 0 aliphatic heterocycles. The zero-order chi connectivity index (χ0) is 16.7. The number of fused-ring (bicyclic) bond motifs is 3. The molecule has 1 aromatic carbocycles. The van der Waals surface area contributed by atoms with Gasteiger partial charge in [-0.2, -0.15) is 18.4 Å². The van der Waals surface area contributed by atoms with Gasteiger partial charge in [0.15, 0.2) is 0 Å². The van der Waals surface area contributed by atoms with Crippen LogP contribution in [0, 0.1) is 0 Å². The van der Waals surface area contributed by atoms with Crippen LogP contribution in [0.2, 0.25) is 0 Å². The van der Waals surface area contributed by atoms with Crippen LogP contribution in [0.1, 0.15) is 0 Å². The first-order chi connectivity index (χ1) is 11.5. The molecule has 0 saturated carbocycles. The van der Waals surface area contributed by atoms with Crippen LogP contribution in [0.25, 0.3) is 32.4 Å². The first-order valence-corrected chi connectivity index (χ1v) is 7.75. The van der Waals surface area contributed by atoms with Crippen LogP contribution >= 0.6 is 11.3 Å². The number of tetrazole rings is 1. The number of nitrogens with zero attached hydrogens (tertiary/aromatic N) is 4. The van der Waals surface area contributed by atoms with Gasteiger partial charge in [0.2, 0.25) is 5.82 Å². The second kappa shape index (κ2) is 5.41. The Morgan fingerprint density at radius 1 is 1.17 bits per heavy atom. The average molecular weight is 350 g/mol. The van der Waals surface area contributed by atoms with Crippen molar-refractivity contribution >= 4 is 38.1 Å². The summed E-state index contributed by atoms with van der Waals surface area (Å²) < 4.78 is 38.4. The molecule has 4 aromatic rings. The van der Waals surface area contributed by atoms with E-state index in [0.717, 1.165) is 10.1 Å². The van der Waals surface area contributed by atoms with E-state index in [4.69, 9.17) is 0 Å². The normalized spacial score (nSPS) is 12.1. The van der Waals surface area contributed by atoms with Crippen molar-refractivity contribution in [3.63, 3.8) is 0 Å². The maximum Gasteiger partial charge on any atom is 0.405 e. The smallest absolute Gasteiger partial charge is 0.361 e. The number of nitrogens with one attached hydrogen (secondary N) is 2. The molecule has 3 aromatic heterocycles. The van der Waals surface area contributed by atoms with Crippen molar-refractivity contribution in [3.05, 3.63) is 29.6 Å². The quantitative estimate of drug-likeness (QED) is 0.590. The number of hydrogen-bond donors (Lipinski definition) is 2. The lowest BCUT2D eigenvalue weighted by Crippen LogP contribution is -2.21. The SMILES string of the molecule is FC(F)(F)CNc1nc2cc(-c3nn[nH]n3)ccc2c2sccc12. The molecule has 3 heterocycles. The predicted octanol–water partition coefficient (Wildman–Crippen LogP) is 3.60. The van der Waals surface area contributed by atoms with Gasteiger partial charge in [-0.05, 0) is 22.7 Å². The van der Waals surface area contributed by atoms with Crippen LogP contribution < -0.4 is 5.32 Å². The van der Waals surface area contributed by atoms with Gasteiger partial charge in [-0.3, -0.25) is 0 Å². The largest absolute Gasteiger partial charge is 0.405 e. The number of H-pyrrole nitrogens is 1. The van der Waals surface area contributed by atoms with Gasteiger partial charge in [0.1, 0.15) is 12.4 Å². The molecule has 122 valence electrons. The van der Waals surface area contributed by atoms with E-state index in [1.165, 1.54) is 11.3 Å². The number of hydrogen-bond acceptors (Lipinski definition) is 6. The minimum absolute atomic E-state index is 0.210. The lowest BCUT2D eigenvalue weighted by atomic mass is 10.1. The van der Waals surface area contributed by atoms with E-state index in [1.54, 1.807) is 12.1 Å². The summed E-state index contributed by atoms with van der Waals surface area (Å²) in [5.74, 6) is 0.608. The predicted molar refractivity (Wildman–Crippen MR) is 84.8 cm³/mol. The third-order valence-corrected chi connectivity index (χ3v) is 4.40. The summed E-state index contributed by atoms with van der Waals surface area (Å²) in [7, 11) is 0. The Labute approximate surface area is 136 Å². The minimum Gasteiger partial charge on any atom is -0.361 e. The number of rotatable bonds is 3. The van der Waals surface area contributed by atoms with Gasteiger partial charge < -0.3 is 5.32 Å². The summed E-state index contributed by atoms with van der Waals surface area (Å²) in [5.41, 5.74) is 1.25. The third-order valence-electron chi connectivity index (χ3n) is 3.45. The second-order valence-corrected chi connectivity index (χ2v) is 5.98. The summed E-state index contributed by atoms with van der Waals surface area (Å²) in [6.07, 6.45) is -4.31. The van der Waals surface area contributed by atoms with Crippen molar-refractivity contribution in [2.45, 2.75) is 6.18 Å². The molecule has 10 heteroatoms. The van der Waals surface area contributed by atoms with Crippen molar-refractivity contribution < 1.29 is 13.2 Å². The second-order valence-electron chi connectivity index (χ2n) is 5.06. The van der Waals surface area contributed by atoms with E-state index >= 15 is 0 Å². The molecule has 0 radical (unpaired) electrons. The number of anilines is 1. The van der Waals surface area contributed by atoms with Crippen molar-refractivity contribution in [2.24, 2.45) is 0 Å². The summed E-state index contributed by atoms with van der Waals surface area (Å²) >= 11 is 1.46. The number of benzene rings is 1. The van der Waals surface area contributed by atoms with E-state index in [9.17, 15) is 13.2 Å². The van der Waals surface area contributed by atoms with E-state index in [1.807, 2.05) is 17.5 Å². The lowest BCUT2D eigenvalue weighted by Gasteiger charge is -2.11. The number of thiophene rings is 1. The maximum absolute atomic E-state index is 12.5. The molecule has 0 fully saturated rings. The van der Waals surface area contributed by atoms with Crippen molar-refractivity contribution in [3.8, 4) is 11.4 Å². The zero-order valence-corrected chi connectivity index (χ0v) is 12.7. The van der Waals surface area contributed by atoms with Crippen LogP contribution in [-0.2, 0) is 0 Å². The van der Waals surface area contributed by atoms with E-state index in [-0.39, 0.29) is 5.82 Å². The molecular formula is C14H9F3N6S. The Bertz CT molecular complexity index is 1010. The zero-order valence-electron chi connectivity index (χ0n) is 11.9. The molecule has 6 nitrogen and oxygen atoms in total. The van der Waals surface area contributed by atoms with Crippen molar-refractivity contribution in [2.75, 3.05) is 11.9 Å². The van der Waals surface area contributed by atoms with E-state index in [2.05, 4.69) is 30.9 Å². The Hall–Kier alpha value is -2.75. The molecule has 0 aliphatic carbocycles. The maximum atomic E-state index is 12.5. The van der Waals surface area contributed by atoms with Crippen LogP contribution in [0.5, 0.6) is 0 Å². The molecule has 0 amide bonds. The fourth-order valence-corrected chi connectivity index (χ4v) is 3.37. The van der Waals surface area contributed by atoms with Crippen molar-refractivity contribution in [1.29, 1.82) is 0 Å². The molecule has 24 heavy (non-hydrogen) atoms. The van der Waals surface area contributed by atoms with Gasteiger partial charge in [0.05, 0.1) is 5.52 Å². The van der Waals surface area contributed by atoms with Gasteiger partial charge in [-0.1, -0.05) is 12.1 Å². The highest BCUT2D eigenvalue weighted by Gasteiger charge is 2.27. The van der Waals surface area contributed by atoms with Gasteiger partial charge in [-0.15, -0.1) is 21.5 Å². The molecule has 0 aliphatic rings. The standard InChI is InChI=1S/C14H9F3N6S/c15-14(16,17)6-18-13-9-3-4-24-11(9)8-2-1-7(5-10(8)19-13)12-20-22-23-21-12/h1-5H,6H2,(H,18,19)(H,20,21,22,23). The number of halogens is 3. The Morgan fingerprint density at radius 2 is 2.04 bits per heavy atom. The molecular weight excluding hydrogens is 341 g/mol. The van der Waals surface area contributed by atoms with Gasteiger partial charge >= 0.3 is 6.18 Å². The minimum atomic E-state index is -4.31. The average Bonchev–Trinajstić information content (AvgIpc) is 3.22. The molecule has 0 atom stereocenters. The molecule has 0 bridgehead atoms. The molecule has 0 spiro atoms.